The Morgan fingerprint density at radius 2 is 1.78 bits per heavy atom. The lowest BCUT2D eigenvalue weighted by atomic mass is 9.98. The molecule has 164 valence electrons. The SMILES string of the molecule is CC12CCC(=O)N1c1ccccc1C(=O)N2CC(=O)Nc1ccccc1N1CCOC1=O. The van der Waals surface area contributed by atoms with E-state index in [-0.39, 0.29) is 25.0 Å². The Morgan fingerprint density at radius 3 is 2.53 bits per heavy atom. The van der Waals surface area contributed by atoms with Crippen molar-refractivity contribution >= 4 is 40.9 Å². The van der Waals surface area contributed by atoms with Crippen molar-refractivity contribution < 1.29 is 23.9 Å². The molecule has 9 heteroatoms. The average molecular weight is 434 g/mol. The van der Waals surface area contributed by atoms with Gasteiger partial charge in [-0.1, -0.05) is 24.3 Å². The molecule has 0 spiro atoms. The van der Waals surface area contributed by atoms with Gasteiger partial charge in [-0.3, -0.25) is 24.2 Å². The normalized spacial score (nSPS) is 22.0. The van der Waals surface area contributed by atoms with Crippen LogP contribution in [0.2, 0.25) is 0 Å². The summed E-state index contributed by atoms with van der Waals surface area (Å²) in [5, 5.41) is 2.82. The van der Waals surface area contributed by atoms with Crippen LogP contribution in [0.1, 0.15) is 30.1 Å². The van der Waals surface area contributed by atoms with Gasteiger partial charge in [0.15, 0.2) is 0 Å². The van der Waals surface area contributed by atoms with Gasteiger partial charge in [0.2, 0.25) is 11.8 Å². The van der Waals surface area contributed by atoms with Gasteiger partial charge in [-0.25, -0.2) is 4.79 Å². The number of benzene rings is 2. The first kappa shape index (κ1) is 20.0. The Labute approximate surface area is 184 Å². The standard InChI is InChI=1S/C23H22N4O5/c1-23-11-10-20(29)27(23)17-8-4-2-6-15(17)21(30)26(23)14-19(28)24-16-7-3-5-9-18(16)25-12-13-32-22(25)31/h2-9H,10-14H2,1H3,(H,24,28). The van der Waals surface area contributed by atoms with E-state index in [9.17, 15) is 19.2 Å². The van der Waals surface area contributed by atoms with Gasteiger partial charge >= 0.3 is 6.09 Å². The van der Waals surface area contributed by atoms with Crippen molar-refractivity contribution in [2.45, 2.75) is 25.4 Å². The molecule has 32 heavy (non-hydrogen) atoms. The van der Waals surface area contributed by atoms with Crippen LogP contribution in [-0.4, -0.2) is 54.1 Å². The molecular weight excluding hydrogens is 412 g/mol. The lowest BCUT2D eigenvalue weighted by Gasteiger charge is -2.48. The molecule has 5 rings (SSSR count). The summed E-state index contributed by atoms with van der Waals surface area (Å²) < 4.78 is 5.00. The van der Waals surface area contributed by atoms with Crippen molar-refractivity contribution in [2.75, 3.05) is 34.8 Å². The minimum absolute atomic E-state index is 0.0734. The number of carbonyl (C=O) groups excluding carboxylic acids is 4. The fourth-order valence-electron chi connectivity index (χ4n) is 4.70. The minimum Gasteiger partial charge on any atom is -0.447 e. The van der Waals surface area contributed by atoms with Crippen LogP contribution in [0.4, 0.5) is 21.9 Å². The summed E-state index contributed by atoms with van der Waals surface area (Å²) in [5.41, 5.74) is 1.04. The van der Waals surface area contributed by atoms with Crippen molar-refractivity contribution in [1.82, 2.24) is 4.90 Å². The van der Waals surface area contributed by atoms with Crippen LogP contribution >= 0.6 is 0 Å². The largest absolute Gasteiger partial charge is 0.447 e. The van der Waals surface area contributed by atoms with Gasteiger partial charge < -0.3 is 15.0 Å². The first-order valence-corrected chi connectivity index (χ1v) is 10.5. The van der Waals surface area contributed by atoms with E-state index in [0.717, 1.165) is 0 Å². The Hall–Kier alpha value is -3.88. The van der Waals surface area contributed by atoms with Crippen LogP contribution in [0, 0.1) is 0 Å². The van der Waals surface area contributed by atoms with Crippen LogP contribution in [0.25, 0.3) is 0 Å². The zero-order chi connectivity index (χ0) is 22.5. The molecule has 2 aromatic carbocycles. The van der Waals surface area contributed by atoms with Crippen LogP contribution in [0.3, 0.4) is 0 Å². The van der Waals surface area contributed by atoms with E-state index in [1.807, 2.05) is 6.92 Å². The highest BCUT2D eigenvalue weighted by molar-refractivity contribution is 6.11. The second kappa shape index (κ2) is 7.37. The smallest absolute Gasteiger partial charge is 0.414 e. The van der Waals surface area contributed by atoms with E-state index in [4.69, 9.17) is 4.74 Å². The summed E-state index contributed by atoms with van der Waals surface area (Å²) in [7, 11) is 0. The fraction of sp³-hybridized carbons (Fsp3) is 0.304. The maximum Gasteiger partial charge on any atom is 0.414 e. The summed E-state index contributed by atoms with van der Waals surface area (Å²) >= 11 is 0. The van der Waals surface area contributed by atoms with Gasteiger partial charge in [-0.15, -0.1) is 0 Å². The second-order valence-corrected chi connectivity index (χ2v) is 8.19. The van der Waals surface area contributed by atoms with Gasteiger partial charge in [0.1, 0.15) is 18.8 Å². The molecule has 9 nitrogen and oxygen atoms in total. The number of anilines is 3. The van der Waals surface area contributed by atoms with E-state index in [1.165, 1.54) is 9.80 Å². The van der Waals surface area contributed by atoms with E-state index in [1.54, 1.807) is 53.4 Å². The molecular formula is C23H22N4O5. The zero-order valence-corrected chi connectivity index (χ0v) is 17.5. The third kappa shape index (κ3) is 3.00. The van der Waals surface area contributed by atoms with Gasteiger partial charge in [0, 0.05) is 6.42 Å². The number of hydrogen-bond acceptors (Lipinski definition) is 5. The number of nitrogens with zero attached hydrogens (tertiary/aromatic N) is 3. The summed E-state index contributed by atoms with van der Waals surface area (Å²) in [6, 6.07) is 13.9. The zero-order valence-electron chi connectivity index (χ0n) is 17.5. The predicted octanol–water partition coefficient (Wildman–Crippen LogP) is 2.58. The lowest BCUT2D eigenvalue weighted by molar-refractivity contribution is -0.120. The molecule has 3 heterocycles. The average Bonchev–Trinajstić information content (AvgIpc) is 3.34. The van der Waals surface area contributed by atoms with Crippen LogP contribution in [0.15, 0.2) is 48.5 Å². The topological polar surface area (TPSA) is 99.3 Å². The van der Waals surface area contributed by atoms with E-state index in [2.05, 4.69) is 5.32 Å². The predicted molar refractivity (Wildman–Crippen MR) is 116 cm³/mol. The third-order valence-electron chi connectivity index (χ3n) is 6.28. The molecule has 0 saturated carbocycles. The highest BCUT2D eigenvalue weighted by atomic mass is 16.6. The van der Waals surface area contributed by atoms with E-state index >= 15 is 0 Å². The molecule has 2 fully saturated rings. The van der Waals surface area contributed by atoms with Gasteiger partial charge in [0.05, 0.1) is 29.2 Å². The molecule has 2 saturated heterocycles. The number of amides is 4. The van der Waals surface area contributed by atoms with Crippen LogP contribution < -0.4 is 15.1 Å². The highest BCUT2D eigenvalue weighted by Crippen LogP contribution is 2.43. The number of rotatable bonds is 4. The first-order chi connectivity index (χ1) is 15.4. The molecule has 3 aliphatic heterocycles. The second-order valence-electron chi connectivity index (χ2n) is 8.19. The number of para-hydroxylation sites is 3. The van der Waals surface area contributed by atoms with Crippen LogP contribution in [0.5, 0.6) is 0 Å². The number of fused-ring (bicyclic) bond motifs is 3. The molecule has 1 atom stereocenters. The number of nitrogens with one attached hydrogen (secondary N) is 1. The van der Waals surface area contributed by atoms with E-state index in [0.29, 0.717) is 42.0 Å². The minimum atomic E-state index is -0.919. The van der Waals surface area contributed by atoms with E-state index < -0.39 is 17.7 Å². The Bertz CT molecular complexity index is 1150. The quantitative estimate of drug-likeness (QED) is 0.798. The van der Waals surface area contributed by atoms with Gasteiger partial charge in [-0.05, 0) is 37.6 Å². The van der Waals surface area contributed by atoms with Crippen molar-refractivity contribution in [1.29, 1.82) is 0 Å². The third-order valence-corrected chi connectivity index (χ3v) is 6.28. The molecule has 3 aliphatic rings. The van der Waals surface area contributed by atoms with Crippen molar-refractivity contribution in [2.24, 2.45) is 0 Å². The molecule has 0 aliphatic carbocycles. The van der Waals surface area contributed by atoms with Crippen molar-refractivity contribution in [3.8, 4) is 0 Å². The Balaban J connectivity index is 1.42. The molecule has 0 aromatic heterocycles. The molecule has 1 unspecified atom stereocenters. The maximum absolute atomic E-state index is 13.3. The number of hydrogen-bond donors (Lipinski definition) is 1. The lowest BCUT2D eigenvalue weighted by Crippen LogP contribution is -2.63. The highest BCUT2D eigenvalue weighted by Gasteiger charge is 2.53. The molecule has 1 N–H and O–H groups in total. The number of cyclic esters (lactones) is 1. The number of carbonyl (C=O) groups is 4. The van der Waals surface area contributed by atoms with Crippen LogP contribution in [-0.2, 0) is 14.3 Å². The maximum atomic E-state index is 13.3. The summed E-state index contributed by atoms with van der Waals surface area (Å²) in [6.07, 6.45) is 0.271. The molecule has 2 aromatic rings. The van der Waals surface area contributed by atoms with Gasteiger partial charge in [0.25, 0.3) is 5.91 Å². The number of ether oxygens (including phenoxy) is 1. The first-order valence-electron chi connectivity index (χ1n) is 10.5. The molecule has 0 bridgehead atoms. The summed E-state index contributed by atoms with van der Waals surface area (Å²) in [5.74, 6) is -0.783. The van der Waals surface area contributed by atoms with Crippen molar-refractivity contribution in [3.05, 3.63) is 54.1 Å². The monoisotopic (exact) mass is 434 g/mol. The molecule has 4 amide bonds. The Kier molecular flexibility index (Phi) is 4.61. The Morgan fingerprint density at radius 1 is 1.06 bits per heavy atom. The fourth-order valence-corrected chi connectivity index (χ4v) is 4.70. The summed E-state index contributed by atoms with van der Waals surface area (Å²) in [4.78, 5) is 55.6. The van der Waals surface area contributed by atoms with Gasteiger partial charge in [-0.2, -0.15) is 0 Å². The molecule has 0 radical (unpaired) electrons. The summed E-state index contributed by atoms with van der Waals surface area (Å²) in [6.45, 7) is 2.26. The van der Waals surface area contributed by atoms with Crippen molar-refractivity contribution in [3.63, 3.8) is 0 Å².